The van der Waals surface area contributed by atoms with E-state index in [-0.39, 0.29) is 29.7 Å². The molecule has 1 aliphatic heterocycles. The number of sulfonamides is 1. The summed E-state index contributed by atoms with van der Waals surface area (Å²) in [4.78, 5) is 12.9. The highest BCUT2D eigenvalue weighted by atomic mass is 32.2. The van der Waals surface area contributed by atoms with Crippen molar-refractivity contribution >= 4 is 21.6 Å². The van der Waals surface area contributed by atoms with Crippen LogP contribution in [0.15, 0.2) is 65.6 Å². The summed E-state index contributed by atoms with van der Waals surface area (Å²) in [5.41, 5.74) is 4.26. The van der Waals surface area contributed by atoms with Crippen molar-refractivity contribution in [1.82, 2.24) is 4.72 Å². The molecule has 0 aromatic heterocycles. The topological polar surface area (TPSA) is 93.7 Å². The summed E-state index contributed by atoms with van der Waals surface area (Å²) < 4.78 is 38.9. The number of carbonyl (C=O) groups excluding carboxylic acids is 1. The lowest BCUT2D eigenvalue weighted by Gasteiger charge is -2.19. The van der Waals surface area contributed by atoms with Gasteiger partial charge in [0, 0.05) is 17.8 Å². The minimum atomic E-state index is -3.82. The highest BCUT2D eigenvalue weighted by Crippen LogP contribution is 2.32. The SMILES string of the molecule is O=C(Nc1cccc2c1CCCC2)c1cccc(S(=O)(=O)NCc2ccc3c(c2)OCO3)c1. The van der Waals surface area contributed by atoms with E-state index in [0.717, 1.165) is 36.9 Å². The summed E-state index contributed by atoms with van der Waals surface area (Å²) in [5, 5.41) is 2.97. The van der Waals surface area contributed by atoms with E-state index in [9.17, 15) is 13.2 Å². The number of aryl methyl sites for hydroxylation is 1. The van der Waals surface area contributed by atoms with Gasteiger partial charge in [-0.15, -0.1) is 0 Å². The van der Waals surface area contributed by atoms with Gasteiger partial charge in [0.15, 0.2) is 11.5 Å². The Morgan fingerprint density at radius 1 is 0.909 bits per heavy atom. The third kappa shape index (κ3) is 4.58. The molecule has 0 unspecified atom stereocenters. The van der Waals surface area contributed by atoms with Crippen molar-refractivity contribution < 1.29 is 22.7 Å². The van der Waals surface area contributed by atoms with E-state index in [2.05, 4.69) is 16.1 Å². The van der Waals surface area contributed by atoms with Crippen LogP contribution in [0.4, 0.5) is 5.69 Å². The van der Waals surface area contributed by atoms with Crippen LogP contribution in [0, 0.1) is 0 Å². The lowest BCUT2D eigenvalue weighted by Crippen LogP contribution is -2.24. The number of amides is 1. The maximum Gasteiger partial charge on any atom is 0.255 e. The Morgan fingerprint density at radius 3 is 2.64 bits per heavy atom. The number of anilines is 1. The Kier molecular flexibility index (Phi) is 5.78. The second-order valence-electron chi connectivity index (χ2n) is 8.14. The molecule has 0 spiro atoms. The fraction of sp³-hybridized carbons (Fsp3) is 0.240. The maximum atomic E-state index is 12.9. The van der Waals surface area contributed by atoms with E-state index < -0.39 is 10.0 Å². The molecule has 2 aliphatic rings. The molecule has 1 amide bonds. The third-order valence-corrected chi connectivity index (χ3v) is 7.35. The number of rotatable bonds is 6. The van der Waals surface area contributed by atoms with Crippen molar-refractivity contribution in [2.45, 2.75) is 37.1 Å². The number of hydrogen-bond donors (Lipinski definition) is 2. The van der Waals surface area contributed by atoms with E-state index in [1.54, 1.807) is 30.3 Å². The van der Waals surface area contributed by atoms with Crippen LogP contribution in [0.5, 0.6) is 11.5 Å². The summed E-state index contributed by atoms with van der Waals surface area (Å²) in [6.07, 6.45) is 4.21. The molecule has 0 atom stereocenters. The molecular formula is C25H24N2O5S. The van der Waals surface area contributed by atoms with E-state index in [1.807, 2.05) is 12.1 Å². The second kappa shape index (κ2) is 8.88. The first kappa shape index (κ1) is 21.5. The van der Waals surface area contributed by atoms with Crippen molar-refractivity contribution in [3.8, 4) is 11.5 Å². The zero-order valence-corrected chi connectivity index (χ0v) is 18.8. The Bertz CT molecular complexity index is 1320. The fourth-order valence-corrected chi connectivity index (χ4v) is 5.27. The predicted octanol–water partition coefficient (Wildman–Crippen LogP) is 4.02. The van der Waals surface area contributed by atoms with Gasteiger partial charge in [0.2, 0.25) is 16.8 Å². The first-order valence-corrected chi connectivity index (χ1v) is 12.4. The molecular weight excluding hydrogens is 440 g/mol. The molecule has 3 aromatic rings. The number of nitrogens with one attached hydrogen (secondary N) is 2. The number of hydrogen-bond acceptors (Lipinski definition) is 5. The molecule has 170 valence electrons. The quantitative estimate of drug-likeness (QED) is 0.575. The van der Waals surface area contributed by atoms with E-state index in [0.29, 0.717) is 11.5 Å². The molecule has 7 nitrogen and oxygen atoms in total. The summed E-state index contributed by atoms with van der Waals surface area (Å²) in [6, 6.07) is 17.3. The minimum Gasteiger partial charge on any atom is -0.454 e. The van der Waals surface area contributed by atoms with Gasteiger partial charge in [-0.2, -0.15) is 0 Å². The predicted molar refractivity (Wildman–Crippen MR) is 124 cm³/mol. The number of carbonyl (C=O) groups is 1. The zero-order valence-electron chi connectivity index (χ0n) is 18.0. The van der Waals surface area contributed by atoms with Gasteiger partial charge in [0.1, 0.15) is 0 Å². The standard InChI is InChI=1S/C25H24N2O5S/c28-25(27-22-10-4-6-18-5-1-2-9-21(18)22)19-7-3-8-20(14-19)33(29,30)26-15-17-11-12-23-24(13-17)32-16-31-23/h3-4,6-8,10-14,26H,1-2,5,9,15-16H2,(H,27,28). The molecule has 8 heteroatoms. The monoisotopic (exact) mass is 464 g/mol. The molecule has 1 aliphatic carbocycles. The lowest BCUT2D eigenvalue weighted by atomic mass is 9.90. The van der Waals surface area contributed by atoms with Crippen molar-refractivity contribution in [3.05, 3.63) is 82.9 Å². The molecule has 3 aromatic carbocycles. The lowest BCUT2D eigenvalue weighted by molar-refractivity contribution is 0.102. The van der Waals surface area contributed by atoms with Gasteiger partial charge in [-0.05, 0) is 78.8 Å². The van der Waals surface area contributed by atoms with Crippen LogP contribution >= 0.6 is 0 Å². The number of benzene rings is 3. The molecule has 0 bridgehead atoms. The van der Waals surface area contributed by atoms with Crippen LogP contribution < -0.4 is 19.5 Å². The molecule has 0 saturated carbocycles. The Balaban J connectivity index is 1.30. The maximum absolute atomic E-state index is 12.9. The Hall–Kier alpha value is -3.36. The van der Waals surface area contributed by atoms with Crippen LogP contribution in [-0.4, -0.2) is 21.1 Å². The van der Waals surface area contributed by atoms with Gasteiger partial charge >= 0.3 is 0 Å². The van der Waals surface area contributed by atoms with Crippen LogP contribution in [-0.2, 0) is 29.4 Å². The fourth-order valence-electron chi connectivity index (χ4n) is 4.21. The van der Waals surface area contributed by atoms with Crippen molar-refractivity contribution in [3.63, 3.8) is 0 Å². The number of ether oxygens (including phenoxy) is 2. The number of fused-ring (bicyclic) bond motifs is 2. The van der Waals surface area contributed by atoms with Crippen LogP contribution in [0.2, 0.25) is 0 Å². The van der Waals surface area contributed by atoms with Crippen molar-refractivity contribution in [2.24, 2.45) is 0 Å². The second-order valence-corrected chi connectivity index (χ2v) is 9.91. The molecule has 2 N–H and O–H groups in total. The molecule has 0 radical (unpaired) electrons. The normalized spacial score (nSPS) is 14.5. The van der Waals surface area contributed by atoms with Gasteiger partial charge in [-0.1, -0.05) is 24.3 Å². The average Bonchev–Trinajstić information content (AvgIpc) is 3.31. The van der Waals surface area contributed by atoms with Crippen LogP contribution in [0.25, 0.3) is 0 Å². The molecule has 0 fully saturated rings. The van der Waals surface area contributed by atoms with Gasteiger partial charge < -0.3 is 14.8 Å². The van der Waals surface area contributed by atoms with E-state index in [4.69, 9.17) is 9.47 Å². The molecule has 33 heavy (non-hydrogen) atoms. The van der Waals surface area contributed by atoms with Gasteiger partial charge in [0.25, 0.3) is 5.91 Å². The van der Waals surface area contributed by atoms with Crippen LogP contribution in [0.1, 0.15) is 39.9 Å². The molecule has 1 heterocycles. The van der Waals surface area contributed by atoms with E-state index in [1.165, 1.54) is 23.3 Å². The summed E-state index contributed by atoms with van der Waals surface area (Å²) in [7, 11) is -3.82. The summed E-state index contributed by atoms with van der Waals surface area (Å²) in [6.45, 7) is 0.247. The van der Waals surface area contributed by atoms with E-state index >= 15 is 0 Å². The van der Waals surface area contributed by atoms with Crippen LogP contribution in [0.3, 0.4) is 0 Å². The van der Waals surface area contributed by atoms with Gasteiger partial charge in [0.05, 0.1) is 4.90 Å². The third-order valence-electron chi connectivity index (χ3n) is 5.95. The van der Waals surface area contributed by atoms with Gasteiger partial charge in [-0.25, -0.2) is 13.1 Å². The average molecular weight is 465 g/mol. The first-order chi connectivity index (χ1) is 16.0. The zero-order chi connectivity index (χ0) is 22.8. The molecule has 5 rings (SSSR count). The Labute approximate surface area is 192 Å². The largest absolute Gasteiger partial charge is 0.454 e. The van der Waals surface area contributed by atoms with Gasteiger partial charge in [-0.3, -0.25) is 4.79 Å². The molecule has 0 saturated heterocycles. The summed E-state index contributed by atoms with van der Waals surface area (Å²) >= 11 is 0. The van der Waals surface area contributed by atoms with Crippen molar-refractivity contribution in [1.29, 1.82) is 0 Å². The minimum absolute atomic E-state index is 0.0333. The smallest absolute Gasteiger partial charge is 0.255 e. The highest BCUT2D eigenvalue weighted by Gasteiger charge is 2.19. The van der Waals surface area contributed by atoms with Crippen molar-refractivity contribution in [2.75, 3.05) is 12.1 Å². The highest BCUT2D eigenvalue weighted by molar-refractivity contribution is 7.89. The summed E-state index contributed by atoms with van der Waals surface area (Å²) in [5.74, 6) is 0.898. The first-order valence-electron chi connectivity index (χ1n) is 10.9. The Morgan fingerprint density at radius 2 is 1.73 bits per heavy atom.